The molecule has 1 aliphatic carbocycles. The molecule has 1 atom stereocenters. The van der Waals surface area contributed by atoms with E-state index in [0.717, 1.165) is 37.7 Å². The Morgan fingerprint density at radius 1 is 1.41 bits per heavy atom. The van der Waals surface area contributed by atoms with E-state index in [2.05, 4.69) is 0 Å². The molecule has 0 aromatic carbocycles. The molecule has 4 nitrogen and oxygen atoms in total. The topological polar surface area (TPSA) is 63.6 Å². The summed E-state index contributed by atoms with van der Waals surface area (Å²) in [4.78, 5) is 22.6. The van der Waals surface area contributed by atoms with Gasteiger partial charge in [-0.15, -0.1) is 0 Å². The van der Waals surface area contributed by atoms with E-state index >= 15 is 0 Å². The van der Waals surface area contributed by atoms with Crippen LogP contribution in [0.2, 0.25) is 0 Å². The monoisotopic (exact) mass is 240 g/mol. The van der Waals surface area contributed by atoms with Gasteiger partial charge in [0.15, 0.2) is 0 Å². The molecule has 0 radical (unpaired) electrons. The zero-order chi connectivity index (χ0) is 12.7. The highest BCUT2D eigenvalue weighted by molar-refractivity contribution is 5.81. The summed E-state index contributed by atoms with van der Waals surface area (Å²) in [5.41, 5.74) is 0.948. The van der Waals surface area contributed by atoms with Crippen LogP contribution >= 0.6 is 0 Å². The van der Waals surface area contributed by atoms with Crippen molar-refractivity contribution in [1.29, 1.82) is 0 Å². The number of carboxylic acids is 1. The van der Waals surface area contributed by atoms with Crippen LogP contribution in [-0.4, -0.2) is 23.7 Å². The largest absolute Gasteiger partial charge is 0.481 e. The highest BCUT2D eigenvalue weighted by Crippen LogP contribution is 2.27. The predicted octanol–water partition coefficient (Wildman–Crippen LogP) is 2.53. The van der Waals surface area contributed by atoms with Gasteiger partial charge in [-0.1, -0.05) is 18.1 Å². The first-order valence-electron chi connectivity index (χ1n) is 6.22. The molecule has 0 saturated heterocycles. The van der Waals surface area contributed by atoms with Gasteiger partial charge in [0.05, 0.1) is 18.9 Å². The van der Waals surface area contributed by atoms with Crippen LogP contribution in [-0.2, 0) is 14.3 Å². The van der Waals surface area contributed by atoms with Crippen molar-refractivity contribution < 1.29 is 19.4 Å². The average molecular weight is 240 g/mol. The van der Waals surface area contributed by atoms with Gasteiger partial charge in [0.2, 0.25) is 0 Å². The zero-order valence-electron chi connectivity index (χ0n) is 10.3. The van der Waals surface area contributed by atoms with E-state index in [-0.39, 0.29) is 6.42 Å². The van der Waals surface area contributed by atoms with Gasteiger partial charge in [0.25, 0.3) is 0 Å². The normalized spacial score (nSPS) is 17.8. The maximum atomic E-state index is 11.8. The third-order valence-electron chi connectivity index (χ3n) is 2.97. The van der Waals surface area contributed by atoms with Gasteiger partial charge in [0.1, 0.15) is 0 Å². The number of rotatable bonds is 5. The molecule has 17 heavy (non-hydrogen) atoms. The van der Waals surface area contributed by atoms with Gasteiger partial charge in [-0.05, 0) is 32.6 Å². The Bertz CT molecular complexity index is 307. The molecule has 1 N–H and O–H groups in total. The highest BCUT2D eigenvalue weighted by Gasteiger charge is 2.27. The van der Waals surface area contributed by atoms with E-state index in [4.69, 9.17) is 9.84 Å². The Balaban J connectivity index is 2.76. The fourth-order valence-electron chi connectivity index (χ4n) is 2.14. The van der Waals surface area contributed by atoms with Crippen molar-refractivity contribution in [2.45, 2.75) is 45.4 Å². The smallest absolute Gasteiger partial charge is 0.313 e. The van der Waals surface area contributed by atoms with Crippen LogP contribution in [0.3, 0.4) is 0 Å². The number of aliphatic carboxylic acids is 1. The van der Waals surface area contributed by atoms with Crippen LogP contribution in [0.15, 0.2) is 11.6 Å². The van der Waals surface area contributed by atoms with E-state index in [1.807, 2.05) is 6.08 Å². The summed E-state index contributed by atoms with van der Waals surface area (Å²) in [5.74, 6) is -1.94. The Morgan fingerprint density at radius 2 is 2.18 bits per heavy atom. The summed E-state index contributed by atoms with van der Waals surface area (Å²) >= 11 is 0. The van der Waals surface area contributed by atoms with Crippen molar-refractivity contribution in [3.05, 3.63) is 11.6 Å². The van der Waals surface area contributed by atoms with E-state index in [9.17, 15) is 9.59 Å². The molecule has 0 spiro atoms. The highest BCUT2D eigenvalue weighted by atomic mass is 16.5. The van der Waals surface area contributed by atoms with Gasteiger partial charge in [-0.2, -0.15) is 0 Å². The molecule has 96 valence electrons. The lowest BCUT2D eigenvalue weighted by atomic mass is 9.92. The third-order valence-corrected chi connectivity index (χ3v) is 2.97. The van der Waals surface area contributed by atoms with Crippen molar-refractivity contribution in [2.75, 3.05) is 6.61 Å². The summed E-state index contributed by atoms with van der Waals surface area (Å²) in [6.07, 6.45) is 6.90. The fraction of sp³-hybridized carbons (Fsp3) is 0.692. The van der Waals surface area contributed by atoms with E-state index < -0.39 is 17.9 Å². The second-order valence-corrected chi connectivity index (χ2v) is 4.28. The molecule has 1 rings (SSSR count). The molecule has 1 aliphatic rings. The van der Waals surface area contributed by atoms with Crippen molar-refractivity contribution in [3.63, 3.8) is 0 Å². The molecule has 0 fully saturated rings. The van der Waals surface area contributed by atoms with Gasteiger partial charge >= 0.3 is 11.9 Å². The van der Waals surface area contributed by atoms with Crippen LogP contribution in [0.1, 0.15) is 45.4 Å². The van der Waals surface area contributed by atoms with E-state index in [1.54, 1.807) is 6.92 Å². The number of carboxylic acid groups (broad SMARTS) is 1. The molecule has 1 unspecified atom stereocenters. The van der Waals surface area contributed by atoms with E-state index in [1.165, 1.54) is 0 Å². The minimum absolute atomic E-state index is 0.162. The molecule has 0 heterocycles. The Morgan fingerprint density at radius 3 is 2.82 bits per heavy atom. The van der Waals surface area contributed by atoms with Crippen molar-refractivity contribution in [3.8, 4) is 0 Å². The lowest BCUT2D eigenvalue weighted by Crippen LogP contribution is -2.23. The number of ether oxygens (including phenoxy) is 1. The van der Waals surface area contributed by atoms with Gasteiger partial charge in [0, 0.05) is 0 Å². The molecule has 0 bridgehead atoms. The lowest BCUT2D eigenvalue weighted by Gasteiger charge is -2.16. The Hall–Kier alpha value is -1.32. The Labute approximate surface area is 102 Å². The number of hydrogen-bond acceptors (Lipinski definition) is 3. The summed E-state index contributed by atoms with van der Waals surface area (Å²) in [6.45, 7) is 2.03. The van der Waals surface area contributed by atoms with Crippen molar-refractivity contribution >= 4 is 11.9 Å². The summed E-state index contributed by atoms with van der Waals surface area (Å²) in [7, 11) is 0. The number of allylic oxidation sites excluding steroid dienone is 1. The molecular weight excluding hydrogens is 220 g/mol. The maximum absolute atomic E-state index is 11.8. The summed E-state index contributed by atoms with van der Waals surface area (Å²) in [6, 6.07) is 0. The van der Waals surface area contributed by atoms with Gasteiger partial charge in [-0.25, -0.2) is 0 Å². The van der Waals surface area contributed by atoms with Crippen LogP contribution in [0, 0.1) is 5.92 Å². The quantitative estimate of drug-likeness (QED) is 0.592. The number of carbonyl (C=O) groups is 2. The average Bonchev–Trinajstić information content (AvgIpc) is 2.54. The first-order valence-corrected chi connectivity index (χ1v) is 6.22. The number of carbonyl (C=O) groups excluding carboxylic acids is 1. The fourth-order valence-corrected chi connectivity index (χ4v) is 2.14. The first-order chi connectivity index (χ1) is 8.15. The molecule has 4 heteroatoms. The summed E-state index contributed by atoms with van der Waals surface area (Å²) < 4.78 is 4.96. The van der Waals surface area contributed by atoms with Gasteiger partial charge < -0.3 is 9.84 Å². The van der Waals surface area contributed by atoms with Crippen LogP contribution in [0.25, 0.3) is 0 Å². The molecule has 0 saturated carbocycles. The van der Waals surface area contributed by atoms with Crippen LogP contribution in [0.4, 0.5) is 0 Å². The summed E-state index contributed by atoms with van der Waals surface area (Å²) in [5, 5.41) is 8.87. The lowest BCUT2D eigenvalue weighted by molar-refractivity contribution is -0.151. The van der Waals surface area contributed by atoms with Gasteiger partial charge in [-0.3, -0.25) is 9.59 Å². The van der Waals surface area contributed by atoms with E-state index in [0.29, 0.717) is 6.61 Å². The maximum Gasteiger partial charge on any atom is 0.313 e. The van der Waals surface area contributed by atoms with Crippen LogP contribution < -0.4 is 0 Å². The third kappa shape index (κ3) is 4.59. The number of hydrogen-bond donors (Lipinski definition) is 1. The first kappa shape index (κ1) is 13.7. The predicted molar refractivity (Wildman–Crippen MR) is 63.5 cm³/mol. The molecule has 0 aromatic heterocycles. The Kier molecular flexibility index (Phi) is 5.73. The van der Waals surface area contributed by atoms with Crippen molar-refractivity contribution in [1.82, 2.24) is 0 Å². The molecule has 0 amide bonds. The molecule has 0 aliphatic heterocycles. The van der Waals surface area contributed by atoms with Crippen molar-refractivity contribution in [2.24, 2.45) is 5.92 Å². The second-order valence-electron chi connectivity index (χ2n) is 4.28. The molecule has 0 aromatic rings. The van der Waals surface area contributed by atoms with Crippen LogP contribution in [0.5, 0.6) is 0 Å². The number of esters is 1. The minimum atomic E-state index is -0.951. The zero-order valence-corrected chi connectivity index (χ0v) is 10.3. The second kappa shape index (κ2) is 7.09. The molecular formula is C13H20O4. The standard InChI is InChI=1S/C13H20O4/c1-2-17-13(16)11(9-12(14)15)10-7-5-3-4-6-8-10/h7,11H,2-6,8-9H2,1H3,(H,14,15). The SMILES string of the molecule is CCOC(=O)C(CC(=O)O)C1=CCCCCC1. The minimum Gasteiger partial charge on any atom is -0.481 e.